The molecule has 0 radical (unpaired) electrons. The van der Waals surface area contributed by atoms with Crippen LogP contribution in [0.3, 0.4) is 0 Å². The number of rotatable bonds is 7. The summed E-state index contributed by atoms with van der Waals surface area (Å²) < 4.78 is 21.7. The molecule has 0 spiro atoms. The van der Waals surface area contributed by atoms with Crippen LogP contribution in [0.4, 0.5) is 0 Å². The van der Waals surface area contributed by atoms with E-state index in [2.05, 4.69) is 26.0 Å². The summed E-state index contributed by atoms with van der Waals surface area (Å²) in [5.41, 5.74) is 2.28. The SMILES string of the molecule is COc1ccc([C@@H](C)[C@@H](C)c2ccc(OC)cc2OC)c(OC)c1. The summed E-state index contributed by atoms with van der Waals surface area (Å²) >= 11 is 0. The molecule has 2 aromatic carbocycles. The maximum absolute atomic E-state index is 5.56. The number of methoxy groups -OCH3 is 4. The summed E-state index contributed by atoms with van der Waals surface area (Å²) in [4.78, 5) is 0. The van der Waals surface area contributed by atoms with E-state index in [0.717, 1.165) is 34.1 Å². The smallest absolute Gasteiger partial charge is 0.126 e. The van der Waals surface area contributed by atoms with Crippen molar-refractivity contribution < 1.29 is 18.9 Å². The van der Waals surface area contributed by atoms with Crippen LogP contribution in [0, 0.1) is 0 Å². The second kappa shape index (κ2) is 7.95. The van der Waals surface area contributed by atoms with Crippen molar-refractivity contribution in [3.05, 3.63) is 47.5 Å². The van der Waals surface area contributed by atoms with Gasteiger partial charge in [-0.05, 0) is 35.1 Å². The van der Waals surface area contributed by atoms with Crippen molar-refractivity contribution in [3.63, 3.8) is 0 Å². The largest absolute Gasteiger partial charge is 0.497 e. The number of ether oxygens (including phenoxy) is 4. The zero-order valence-corrected chi connectivity index (χ0v) is 15.3. The molecule has 0 unspecified atom stereocenters. The van der Waals surface area contributed by atoms with Crippen molar-refractivity contribution in [2.75, 3.05) is 28.4 Å². The quantitative estimate of drug-likeness (QED) is 0.742. The van der Waals surface area contributed by atoms with Gasteiger partial charge in [0.1, 0.15) is 23.0 Å². The highest BCUT2D eigenvalue weighted by Gasteiger charge is 2.23. The summed E-state index contributed by atoms with van der Waals surface area (Å²) in [5.74, 6) is 3.73. The molecule has 2 aromatic rings. The molecule has 0 saturated carbocycles. The molecule has 0 aliphatic carbocycles. The molecule has 4 nitrogen and oxygen atoms in total. The Balaban J connectivity index is 2.37. The Bertz CT molecular complexity index is 622. The molecular weight excluding hydrogens is 304 g/mol. The van der Waals surface area contributed by atoms with E-state index in [9.17, 15) is 0 Å². The van der Waals surface area contributed by atoms with E-state index in [0.29, 0.717) is 0 Å². The molecule has 0 bridgehead atoms. The van der Waals surface area contributed by atoms with E-state index < -0.39 is 0 Å². The third kappa shape index (κ3) is 3.58. The van der Waals surface area contributed by atoms with Crippen molar-refractivity contribution >= 4 is 0 Å². The Morgan fingerprint density at radius 1 is 0.583 bits per heavy atom. The van der Waals surface area contributed by atoms with Gasteiger partial charge in [-0.2, -0.15) is 0 Å². The normalized spacial score (nSPS) is 13.1. The lowest BCUT2D eigenvalue weighted by Gasteiger charge is -2.24. The Morgan fingerprint density at radius 2 is 0.958 bits per heavy atom. The van der Waals surface area contributed by atoms with Crippen LogP contribution in [-0.2, 0) is 0 Å². The maximum Gasteiger partial charge on any atom is 0.126 e. The first kappa shape index (κ1) is 18.0. The summed E-state index contributed by atoms with van der Waals surface area (Å²) in [7, 11) is 6.68. The molecule has 0 N–H and O–H groups in total. The first-order valence-electron chi connectivity index (χ1n) is 7.99. The van der Waals surface area contributed by atoms with Gasteiger partial charge in [-0.1, -0.05) is 26.0 Å². The molecule has 0 aliphatic heterocycles. The van der Waals surface area contributed by atoms with E-state index in [1.54, 1.807) is 28.4 Å². The fourth-order valence-electron chi connectivity index (χ4n) is 2.93. The average Bonchev–Trinajstić information content (AvgIpc) is 2.65. The van der Waals surface area contributed by atoms with Crippen molar-refractivity contribution in [2.24, 2.45) is 0 Å². The summed E-state index contributed by atoms with van der Waals surface area (Å²) in [6, 6.07) is 11.9. The van der Waals surface area contributed by atoms with E-state index in [1.807, 2.05) is 24.3 Å². The van der Waals surface area contributed by atoms with Crippen LogP contribution in [0.15, 0.2) is 36.4 Å². The Kier molecular flexibility index (Phi) is 5.96. The van der Waals surface area contributed by atoms with Gasteiger partial charge in [-0.25, -0.2) is 0 Å². The molecule has 0 aliphatic rings. The molecule has 4 heteroatoms. The summed E-state index contributed by atoms with van der Waals surface area (Å²) in [6.45, 7) is 4.39. The molecule has 24 heavy (non-hydrogen) atoms. The predicted molar refractivity (Wildman–Crippen MR) is 95.9 cm³/mol. The first-order chi connectivity index (χ1) is 11.5. The third-order valence-electron chi connectivity index (χ3n) is 4.61. The minimum atomic E-state index is 0.244. The van der Waals surface area contributed by atoms with Crippen LogP contribution >= 0.6 is 0 Å². The van der Waals surface area contributed by atoms with Gasteiger partial charge in [0, 0.05) is 12.1 Å². The average molecular weight is 330 g/mol. The van der Waals surface area contributed by atoms with E-state index >= 15 is 0 Å². The highest BCUT2D eigenvalue weighted by Crippen LogP contribution is 2.42. The van der Waals surface area contributed by atoms with Crippen LogP contribution in [-0.4, -0.2) is 28.4 Å². The molecule has 0 amide bonds. The van der Waals surface area contributed by atoms with Crippen LogP contribution in [0.25, 0.3) is 0 Å². The molecular formula is C20H26O4. The van der Waals surface area contributed by atoms with Gasteiger partial charge in [0.05, 0.1) is 28.4 Å². The van der Waals surface area contributed by atoms with Crippen LogP contribution in [0.5, 0.6) is 23.0 Å². The lowest BCUT2D eigenvalue weighted by atomic mass is 9.83. The van der Waals surface area contributed by atoms with Gasteiger partial charge < -0.3 is 18.9 Å². The van der Waals surface area contributed by atoms with Gasteiger partial charge >= 0.3 is 0 Å². The summed E-state index contributed by atoms with van der Waals surface area (Å²) in [6.07, 6.45) is 0. The fraction of sp³-hybridized carbons (Fsp3) is 0.400. The van der Waals surface area contributed by atoms with Crippen molar-refractivity contribution in [1.29, 1.82) is 0 Å². The van der Waals surface area contributed by atoms with Gasteiger partial charge in [-0.3, -0.25) is 0 Å². The minimum Gasteiger partial charge on any atom is -0.497 e. The van der Waals surface area contributed by atoms with E-state index in [1.165, 1.54) is 0 Å². The lowest BCUT2D eigenvalue weighted by molar-refractivity contribution is 0.381. The van der Waals surface area contributed by atoms with Gasteiger partial charge in [-0.15, -0.1) is 0 Å². The third-order valence-corrected chi connectivity index (χ3v) is 4.61. The molecule has 0 aromatic heterocycles. The topological polar surface area (TPSA) is 36.9 Å². The van der Waals surface area contributed by atoms with E-state index in [-0.39, 0.29) is 11.8 Å². The molecule has 0 heterocycles. The second-order valence-electron chi connectivity index (χ2n) is 5.79. The van der Waals surface area contributed by atoms with Crippen LogP contribution < -0.4 is 18.9 Å². The zero-order valence-electron chi connectivity index (χ0n) is 15.3. The molecule has 0 fully saturated rings. The van der Waals surface area contributed by atoms with Crippen molar-refractivity contribution in [3.8, 4) is 23.0 Å². The van der Waals surface area contributed by atoms with Gasteiger partial charge in [0.25, 0.3) is 0 Å². The summed E-state index contributed by atoms with van der Waals surface area (Å²) in [5, 5.41) is 0. The van der Waals surface area contributed by atoms with E-state index in [4.69, 9.17) is 18.9 Å². The molecule has 130 valence electrons. The number of hydrogen-bond acceptors (Lipinski definition) is 4. The molecule has 0 saturated heterocycles. The molecule has 2 rings (SSSR count). The Hall–Kier alpha value is -2.36. The first-order valence-corrected chi connectivity index (χ1v) is 7.99. The lowest BCUT2D eigenvalue weighted by Crippen LogP contribution is -2.08. The highest BCUT2D eigenvalue weighted by atomic mass is 16.5. The standard InChI is InChI=1S/C20H26O4/c1-13(17-9-7-15(21-3)11-19(17)23-5)14(2)18-10-8-16(22-4)12-20(18)24-6/h7-14H,1-6H3/t13-,14+. The fourth-order valence-corrected chi connectivity index (χ4v) is 2.93. The maximum atomic E-state index is 5.56. The van der Waals surface area contributed by atoms with Gasteiger partial charge in [0.15, 0.2) is 0 Å². The van der Waals surface area contributed by atoms with Crippen LogP contribution in [0.1, 0.15) is 36.8 Å². The monoisotopic (exact) mass is 330 g/mol. The Labute approximate surface area is 144 Å². The van der Waals surface area contributed by atoms with Crippen molar-refractivity contribution in [1.82, 2.24) is 0 Å². The van der Waals surface area contributed by atoms with Crippen molar-refractivity contribution in [2.45, 2.75) is 25.7 Å². The zero-order chi connectivity index (χ0) is 17.7. The van der Waals surface area contributed by atoms with Gasteiger partial charge in [0.2, 0.25) is 0 Å². The highest BCUT2D eigenvalue weighted by molar-refractivity contribution is 5.47. The van der Waals surface area contributed by atoms with Crippen LogP contribution in [0.2, 0.25) is 0 Å². The molecule has 2 atom stereocenters. The predicted octanol–water partition coefficient (Wildman–Crippen LogP) is 4.63. The Morgan fingerprint density at radius 3 is 1.25 bits per heavy atom. The minimum absolute atomic E-state index is 0.244. The number of hydrogen-bond donors (Lipinski definition) is 0. The second-order valence-corrected chi connectivity index (χ2v) is 5.79. The number of benzene rings is 2.